The van der Waals surface area contributed by atoms with E-state index in [1.165, 1.54) is 4.90 Å². The smallest absolute Gasteiger partial charge is 0.333 e. The maximum Gasteiger partial charge on any atom is 0.333 e. The number of hydrogen-bond donors (Lipinski definition) is 1. The highest BCUT2D eigenvalue weighted by Gasteiger charge is 2.48. The molecule has 3 aliphatic heterocycles. The summed E-state index contributed by atoms with van der Waals surface area (Å²) in [7, 11) is 0. The van der Waals surface area contributed by atoms with E-state index in [0.717, 1.165) is 35.5 Å². The number of alkyl halides is 1. The second-order valence-electron chi connectivity index (χ2n) is 9.42. The first-order valence-electron chi connectivity index (χ1n) is 11.9. The summed E-state index contributed by atoms with van der Waals surface area (Å²) < 4.78 is 20.9. The lowest BCUT2D eigenvalue weighted by molar-refractivity contribution is -0.128. The van der Waals surface area contributed by atoms with E-state index in [-0.39, 0.29) is 24.4 Å². The van der Waals surface area contributed by atoms with Gasteiger partial charge in [-0.1, -0.05) is 13.8 Å². The molecule has 4 heterocycles. The Labute approximate surface area is 202 Å². The van der Waals surface area contributed by atoms with Gasteiger partial charge in [-0.2, -0.15) is 0 Å². The summed E-state index contributed by atoms with van der Waals surface area (Å²) in [4.78, 5) is 46.9. The number of hydrogen-bond acceptors (Lipinski definition) is 6. The van der Waals surface area contributed by atoms with Gasteiger partial charge < -0.3 is 19.9 Å². The molecule has 1 aromatic heterocycles. The number of fused-ring (bicyclic) bond motifs is 3. The normalized spacial score (nSPS) is 21.9. The maximum atomic E-state index is 13.1. The number of carbonyl (C=O) groups excluding carboxylic acids is 3. The number of rotatable bonds is 6. The van der Waals surface area contributed by atoms with Crippen LogP contribution in [-0.2, 0) is 16.1 Å². The van der Waals surface area contributed by atoms with E-state index >= 15 is 0 Å². The maximum absolute atomic E-state index is 13.1. The van der Waals surface area contributed by atoms with E-state index in [2.05, 4.69) is 0 Å². The third kappa shape index (κ3) is 3.78. The molecular formula is C24H29FN6O4. The predicted octanol–water partition coefficient (Wildman–Crippen LogP) is 2.16. The van der Waals surface area contributed by atoms with Crippen LogP contribution in [0, 0.1) is 5.92 Å². The summed E-state index contributed by atoms with van der Waals surface area (Å²) in [5, 5.41) is 0. The molecule has 186 valence electrons. The Bertz CT molecular complexity index is 1180. The first kappa shape index (κ1) is 23.1. The summed E-state index contributed by atoms with van der Waals surface area (Å²) in [5.41, 5.74) is 7.19. The lowest BCUT2D eigenvalue weighted by Gasteiger charge is -2.25. The van der Waals surface area contributed by atoms with E-state index in [1.807, 2.05) is 41.5 Å². The van der Waals surface area contributed by atoms with Crippen molar-refractivity contribution in [2.45, 2.75) is 45.3 Å². The van der Waals surface area contributed by atoms with Gasteiger partial charge in [0.1, 0.15) is 36.9 Å². The van der Waals surface area contributed by atoms with E-state index in [4.69, 9.17) is 15.5 Å². The Morgan fingerprint density at radius 2 is 2.09 bits per heavy atom. The number of anilines is 2. The summed E-state index contributed by atoms with van der Waals surface area (Å²) >= 11 is 0. The highest BCUT2D eigenvalue weighted by molar-refractivity contribution is 6.14. The number of urea groups is 1. The van der Waals surface area contributed by atoms with Crippen molar-refractivity contribution in [3.63, 3.8) is 0 Å². The van der Waals surface area contributed by atoms with E-state index in [9.17, 15) is 18.8 Å². The molecule has 2 aromatic rings. The fourth-order valence-corrected chi connectivity index (χ4v) is 5.25. The van der Waals surface area contributed by atoms with Gasteiger partial charge in [-0.3, -0.25) is 19.4 Å². The van der Waals surface area contributed by atoms with Gasteiger partial charge in [0.25, 0.3) is 5.91 Å². The number of benzene rings is 1. The standard InChI is InChI=1S/C24H29FN6O4/c1-14(2)20-23(33)30(9-7-25)24(34)31(20)19-13-28-10-11-35-18-12-15(5-6-16(18)22(28)27-19)29-8-3-4-17(29)21(26)32/h5-6,12-14,17,20H,3-4,7-11H2,1-2H3,(H2,26,32)/t17-,20?/m0/s1. The van der Waals surface area contributed by atoms with Crippen LogP contribution in [0.2, 0.25) is 0 Å². The minimum absolute atomic E-state index is 0.172. The molecule has 2 saturated heterocycles. The molecule has 5 rings (SSSR count). The Morgan fingerprint density at radius 1 is 1.29 bits per heavy atom. The van der Waals surface area contributed by atoms with Gasteiger partial charge in [0.15, 0.2) is 5.82 Å². The molecule has 1 aromatic carbocycles. The highest BCUT2D eigenvalue weighted by atomic mass is 19.1. The van der Waals surface area contributed by atoms with Crippen LogP contribution in [0.3, 0.4) is 0 Å². The topological polar surface area (TPSA) is 114 Å². The van der Waals surface area contributed by atoms with Crippen molar-refractivity contribution in [3.8, 4) is 17.1 Å². The number of imidazole rings is 1. The zero-order valence-electron chi connectivity index (χ0n) is 19.8. The number of imide groups is 1. The summed E-state index contributed by atoms with van der Waals surface area (Å²) in [6, 6.07) is 4.06. The lowest BCUT2D eigenvalue weighted by atomic mass is 10.0. The molecule has 0 radical (unpaired) electrons. The van der Waals surface area contributed by atoms with Crippen LogP contribution < -0.4 is 20.3 Å². The van der Waals surface area contributed by atoms with Crippen molar-refractivity contribution in [2.24, 2.45) is 11.7 Å². The Hall–Kier alpha value is -3.63. The monoisotopic (exact) mass is 484 g/mol. The number of primary amides is 1. The van der Waals surface area contributed by atoms with Crippen molar-refractivity contribution >= 4 is 29.4 Å². The van der Waals surface area contributed by atoms with Crippen LogP contribution in [-0.4, -0.2) is 70.8 Å². The Morgan fingerprint density at radius 3 is 2.80 bits per heavy atom. The second-order valence-corrected chi connectivity index (χ2v) is 9.42. The van der Waals surface area contributed by atoms with E-state index in [0.29, 0.717) is 30.5 Å². The molecule has 2 N–H and O–H groups in total. The number of nitrogens with zero attached hydrogens (tertiary/aromatic N) is 5. The third-order valence-electron chi connectivity index (χ3n) is 6.89. The Balaban J connectivity index is 1.51. The van der Waals surface area contributed by atoms with Crippen molar-refractivity contribution < 1.29 is 23.5 Å². The number of carbonyl (C=O) groups is 3. The predicted molar refractivity (Wildman–Crippen MR) is 127 cm³/mol. The van der Waals surface area contributed by atoms with Crippen LogP contribution in [0.25, 0.3) is 11.4 Å². The number of nitrogens with two attached hydrogens (primary N) is 1. The average Bonchev–Trinajstić information content (AvgIpc) is 3.50. The Kier molecular flexibility index (Phi) is 5.86. The van der Waals surface area contributed by atoms with Crippen LogP contribution >= 0.6 is 0 Å². The van der Waals surface area contributed by atoms with Crippen LogP contribution in [0.1, 0.15) is 26.7 Å². The first-order chi connectivity index (χ1) is 16.8. The quantitative estimate of drug-likeness (QED) is 0.629. The highest BCUT2D eigenvalue weighted by Crippen LogP contribution is 2.39. The van der Waals surface area contributed by atoms with Crippen molar-refractivity contribution in [1.82, 2.24) is 14.5 Å². The molecule has 0 saturated carbocycles. The van der Waals surface area contributed by atoms with Gasteiger partial charge >= 0.3 is 6.03 Å². The SMILES string of the molecule is CC(C)C1C(=O)N(CCF)C(=O)N1c1cn2c(n1)-c1ccc(N3CCC[C@H]3C(N)=O)cc1OCC2. The number of amides is 4. The summed E-state index contributed by atoms with van der Waals surface area (Å²) in [6.07, 6.45) is 3.35. The second kappa shape index (κ2) is 8.86. The zero-order chi connectivity index (χ0) is 24.9. The molecule has 0 aliphatic carbocycles. The summed E-state index contributed by atoms with van der Waals surface area (Å²) in [5.74, 6) is 0.659. The molecular weight excluding hydrogens is 455 g/mol. The van der Waals surface area contributed by atoms with E-state index in [1.54, 1.807) is 6.20 Å². The first-order valence-corrected chi connectivity index (χ1v) is 11.9. The van der Waals surface area contributed by atoms with Gasteiger partial charge in [-0.25, -0.2) is 14.2 Å². The molecule has 2 atom stereocenters. The summed E-state index contributed by atoms with van der Waals surface area (Å²) in [6.45, 7) is 4.26. The van der Waals surface area contributed by atoms with Gasteiger partial charge in [-0.15, -0.1) is 0 Å². The molecule has 0 spiro atoms. The molecule has 0 bridgehead atoms. The van der Waals surface area contributed by atoms with Crippen LogP contribution in [0.5, 0.6) is 5.75 Å². The zero-order valence-corrected chi connectivity index (χ0v) is 19.8. The largest absolute Gasteiger partial charge is 0.491 e. The van der Waals surface area contributed by atoms with Gasteiger partial charge in [0, 0.05) is 24.5 Å². The van der Waals surface area contributed by atoms with E-state index < -0.39 is 24.7 Å². The van der Waals surface area contributed by atoms with Gasteiger partial charge in [-0.05, 0) is 30.9 Å². The number of halogens is 1. The number of ether oxygens (including phenoxy) is 1. The van der Waals surface area contributed by atoms with Crippen LogP contribution in [0.4, 0.5) is 20.7 Å². The van der Waals surface area contributed by atoms with Crippen LogP contribution in [0.15, 0.2) is 24.4 Å². The molecule has 11 heteroatoms. The molecule has 1 unspecified atom stereocenters. The fourth-order valence-electron chi connectivity index (χ4n) is 5.25. The lowest BCUT2D eigenvalue weighted by Crippen LogP contribution is -2.40. The molecule has 10 nitrogen and oxygen atoms in total. The molecule has 2 fully saturated rings. The minimum Gasteiger partial charge on any atom is -0.491 e. The van der Waals surface area contributed by atoms with Crippen molar-refractivity contribution in [2.75, 3.05) is 36.2 Å². The van der Waals surface area contributed by atoms with Crippen molar-refractivity contribution in [1.29, 1.82) is 0 Å². The third-order valence-corrected chi connectivity index (χ3v) is 6.89. The molecule has 4 amide bonds. The van der Waals surface area contributed by atoms with Gasteiger partial charge in [0.05, 0.1) is 18.7 Å². The minimum atomic E-state index is -0.795. The van der Waals surface area contributed by atoms with Gasteiger partial charge in [0.2, 0.25) is 5.91 Å². The number of aromatic nitrogens is 2. The molecule has 3 aliphatic rings. The fraction of sp³-hybridized carbons (Fsp3) is 0.500. The van der Waals surface area contributed by atoms with Crippen molar-refractivity contribution in [3.05, 3.63) is 24.4 Å². The molecule has 35 heavy (non-hydrogen) atoms. The average molecular weight is 485 g/mol.